The van der Waals surface area contributed by atoms with Gasteiger partial charge in [-0.15, -0.1) is 5.10 Å². The summed E-state index contributed by atoms with van der Waals surface area (Å²) in [6.45, 7) is 3.20. The van der Waals surface area contributed by atoms with Crippen LogP contribution in [0.4, 0.5) is 16.0 Å². The Morgan fingerprint density at radius 1 is 1.04 bits per heavy atom. The quantitative estimate of drug-likeness (QED) is 0.231. The Morgan fingerprint density at radius 2 is 1.76 bits per heavy atom. The summed E-state index contributed by atoms with van der Waals surface area (Å²) in [5.74, 6) is -1.67. The van der Waals surface area contributed by atoms with Gasteiger partial charge in [-0.25, -0.2) is 31.3 Å². The minimum Gasteiger partial charge on any atom is -0.481 e. The number of carboxylic acid groups (broad SMARTS) is 1. The second-order valence-electron chi connectivity index (χ2n) is 11.9. The Hall–Kier alpha value is -4.85. The number of carboxylic acids is 1. The number of carbonyl (C=O) groups excluding carboxylic acids is 1. The van der Waals surface area contributed by atoms with Crippen LogP contribution in [0, 0.1) is 30.5 Å². The van der Waals surface area contributed by atoms with Crippen molar-refractivity contribution in [3.05, 3.63) is 66.2 Å². The number of aromatic nitrogens is 5. The molecule has 12 nitrogen and oxygen atoms in total. The summed E-state index contributed by atoms with van der Waals surface area (Å²) in [4.78, 5) is 33.4. The van der Waals surface area contributed by atoms with Gasteiger partial charge in [0.1, 0.15) is 17.2 Å². The van der Waals surface area contributed by atoms with Crippen LogP contribution in [-0.4, -0.2) is 55.0 Å². The summed E-state index contributed by atoms with van der Waals surface area (Å²) >= 11 is 0. The van der Waals surface area contributed by atoms with Crippen LogP contribution in [-0.2, 0) is 19.6 Å². The molecule has 0 aliphatic heterocycles. The Kier molecular flexibility index (Phi) is 6.84. The molecular weight excluding hydrogens is 601 g/mol. The van der Waals surface area contributed by atoms with E-state index in [9.17, 15) is 27.5 Å². The Morgan fingerprint density at radius 3 is 2.44 bits per heavy atom. The van der Waals surface area contributed by atoms with Gasteiger partial charge in [-0.2, -0.15) is 0 Å². The summed E-state index contributed by atoms with van der Waals surface area (Å²) in [5.41, 5.74) is 1.52. The predicted octanol–water partition coefficient (Wildman–Crippen LogP) is 4.69. The highest BCUT2D eigenvalue weighted by Crippen LogP contribution is 2.46. The normalized spacial score (nSPS) is 21.3. The molecule has 232 valence electrons. The lowest BCUT2D eigenvalue weighted by atomic mass is 9.61. The number of anilines is 2. The van der Waals surface area contributed by atoms with Crippen molar-refractivity contribution in [3.8, 4) is 11.4 Å². The van der Waals surface area contributed by atoms with E-state index in [1.165, 1.54) is 35.8 Å². The van der Waals surface area contributed by atoms with Gasteiger partial charge in [0.25, 0.3) is 10.0 Å². The van der Waals surface area contributed by atoms with Gasteiger partial charge in [0, 0.05) is 30.1 Å². The second-order valence-corrected chi connectivity index (χ2v) is 13.7. The average Bonchev–Trinajstić information content (AvgIpc) is 3.59. The van der Waals surface area contributed by atoms with Crippen molar-refractivity contribution >= 4 is 50.1 Å². The van der Waals surface area contributed by atoms with E-state index in [0.717, 1.165) is 41.4 Å². The highest BCUT2D eigenvalue weighted by Gasteiger charge is 2.47. The van der Waals surface area contributed by atoms with Gasteiger partial charge in [-0.05, 0) is 74.8 Å². The van der Waals surface area contributed by atoms with Crippen molar-refractivity contribution in [1.82, 2.24) is 23.6 Å². The van der Waals surface area contributed by atoms with Gasteiger partial charge in [-0.3, -0.25) is 9.59 Å². The third-order valence-corrected chi connectivity index (χ3v) is 10.7. The molecule has 1 amide bonds. The van der Waals surface area contributed by atoms with Crippen molar-refractivity contribution in [2.75, 3.05) is 10.6 Å². The molecule has 3 fully saturated rings. The van der Waals surface area contributed by atoms with Crippen LogP contribution in [0.5, 0.6) is 0 Å². The summed E-state index contributed by atoms with van der Waals surface area (Å²) in [5, 5.41) is 21.1. The number of nitrogens with zero attached hydrogens (tertiary/aromatic N) is 5. The number of carbonyl (C=O) groups is 2. The molecule has 0 saturated heterocycles. The molecule has 0 unspecified atom stereocenters. The largest absolute Gasteiger partial charge is 0.481 e. The molecule has 8 rings (SSSR count). The molecule has 2 bridgehead atoms. The predicted molar refractivity (Wildman–Crippen MR) is 164 cm³/mol. The first kappa shape index (κ1) is 28.9. The van der Waals surface area contributed by atoms with Crippen molar-refractivity contribution in [2.45, 2.75) is 50.5 Å². The van der Waals surface area contributed by atoms with E-state index in [0.29, 0.717) is 17.2 Å². The van der Waals surface area contributed by atoms with Crippen molar-refractivity contribution in [1.29, 1.82) is 0 Å². The van der Waals surface area contributed by atoms with E-state index in [1.54, 1.807) is 24.3 Å². The molecule has 4 aromatic heterocycles. The third-order valence-electron chi connectivity index (χ3n) is 9.02. The van der Waals surface area contributed by atoms with E-state index in [1.807, 2.05) is 6.92 Å². The number of nitrogens with one attached hydrogen (secondary N) is 2. The zero-order valence-electron chi connectivity index (χ0n) is 24.4. The number of amides is 1. The first-order valence-corrected chi connectivity index (χ1v) is 16.1. The lowest BCUT2D eigenvalue weighted by Gasteiger charge is -2.47. The third kappa shape index (κ3) is 4.89. The maximum Gasteiger partial charge on any atom is 0.308 e. The number of hydrogen-bond acceptors (Lipinski definition) is 8. The highest BCUT2D eigenvalue weighted by molar-refractivity contribution is 7.90. The van der Waals surface area contributed by atoms with E-state index < -0.39 is 33.8 Å². The van der Waals surface area contributed by atoms with E-state index >= 15 is 0 Å². The number of hydrogen-bond donors (Lipinski definition) is 3. The van der Waals surface area contributed by atoms with Crippen LogP contribution in [0.2, 0.25) is 0 Å². The SMILES string of the molecule is CC(=O)Nc1ccc2c(N[C@H]3[C@H]4CC[C@H](CC4)[C@@H]3C(=O)O)nc(-c3cn(S(=O)(=O)c4ccc(C)cc4)c4ncc(F)cc34)nn12. The molecule has 3 aliphatic carbocycles. The molecule has 3 saturated carbocycles. The van der Waals surface area contributed by atoms with Crippen LogP contribution >= 0.6 is 0 Å². The van der Waals surface area contributed by atoms with Crippen LogP contribution in [0.25, 0.3) is 27.9 Å². The van der Waals surface area contributed by atoms with Crippen LogP contribution in [0.3, 0.4) is 0 Å². The number of aryl methyl sites for hydroxylation is 1. The Bertz CT molecular complexity index is 2100. The molecule has 0 radical (unpaired) electrons. The maximum atomic E-state index is 14.6. The summed E-state index contributed by atoms with van der Waals surface area (Å²) in [6.07, 6.45) is 5.75. The lowest BCUT2D eigenvalue weighted by Crippen LogP contribution is -2.51. The minimum atomic E-state index is -4.16. The van der Waals surface area contributed by atoms with E-state index in [2.05, 4.69) is 20.7 Å². The fourth-order valence-corrected chi connectivity index (χ4v) is 8.23. The second kappa shape index (κ2) is 10.6. The molecule has 1 aromatic carbocycles. The van der Waals surface area contributed by atoms with Crippen LogP contribution in [0.1, 0.15) is 38.2 Å². The van der Waals surface area contributed by atoms with Gasteiger partial charge >= 0.3 is 5.97 Å². The summed E-state index contributed by atoms with van der Waals surface area (Å²) < 4.78 is 44.7. The van der Waals surface area contributed by atoms with Crippen LogP contribution < -0.4 is 10.6 Å². The minimum absolute atomic E-state index is 0.0182. The molecule has 14 heteroatoms. The van der Waals surface area contributed by atoms with Gasteiger partial charge in [0.2, 0.25) is 5.91 Å². The number of fused-ring (bicyclic) bond motifs is 5. The van der Waals surface area contributed by atoms with E-state index in [4.69, 9.17) is 4.98 Å². The van der Waals surface area contributed by atoms with Crippen molar-refractivity contribution < 1.29 is 27.5 Å². The summed E-state index contributed by atoms with van der Waals surface area (Å²) in [6, 6.07) is 10.5. The topological polar surface area (TPSA) is 161 Å². The average molecular weight is 632 g/mol. The first-order chi connectivity index (χ1) is 21.5. The standard InChI is InChI=1S/C31H30FN7O5S/c1-16-3-9-21(10-4-16)45(43,44)38-15-23(22-13-20(32)14-33-30(22)38)28-36-29(24-11-12-25(34-17(2)40)39(24)37-28)35-27-19-7-5-18(6-8-19)26(27)31(41)42/h3-4,9-15,18-19,26-27H,5-8H2,1-2H3,(H,34,40)(H,41,42)(H,35,36,37)/t18-,19+,26-,27-/m0/s1. The monoisotopic (exact) mass is 631 g/mol. The van der Waals surface area contributed by atoms with Gasteiger partial charge in [-0.1, -0.05) is 17.7 Å². The molecule has 45 heavy (non-hydrogen) atoms. The number of benzene rings is 1. The molecule has 3 aliphatic rings. The van der Waals surface area contributed by atoms with Crippen molar-refractivity contribution in [3.63, 3.8) is 0 Å². The Balaban J connectivity index is 1.43. The molecule has 4 heterocycles. The van der Waals surface area contributed by atoms with Crippen LogP contribution in [0.15, 0.2) is 59.8 Å². The van der Waals surface area contributed by atoms with E-state index in [-0.39, 0.29) is 45.1 Å². The number of halogens is 1. The Labute approximate surface area is 257 Å². The van der Waals surface area contributed by atoms with Gasteiger partial charge in [0.15, 0.2) is 17.3 Å². The van der Waals surface area contributed by atoms with Crippen molar-refractivity contribution in [2.24, 2.45) is 17.8 Å². The summed E-state index contributed by atoms with van der Waals surface area (Å²) in [7, 11) is -4.16. The lowest BCUT2D eigenvalue weighted by molar-refractivity contribution is -0.148. The highest BCUT2D eigenvalue weighted by atomic mass is 32.2. The molecule has 2 atom stereocenters. The fraction of sp³-hybridized carbons (Fsp3) is 0.323. The zero-order chi connectivity index (χ0) is 31.6. The van der Waals surface area contributed by atoms with Gasteiger partial charge in [0.05, 0.1) is 17.0 Å². The van der Waals surface area contributed by atoms with Gasteiger partial charge < -0.3 is 15.7 Å². The maximum absolute atomic E-state index is 14.6. The number of rotatable bonds is 7. The molecule has 0 spiro atoms. The number of aliphatic carboxylic acids is 1. The first-order valence-electron chi connectivity index (χ1n) is 14.7. The fourth-order valence-electron chi connectivity index (χ4n) is 6.90. The smallest absolute Gasteiger partial charge is 0.308 e. The zero-order valence-corrected chi connectivity index (χ0v) is 25.3. The number of pyridine rings is 1. The molecule has 5 aromatic rings. The molecule has 3 N–H and O–H groups in total. The molecular formula is C31H30FN7O5S.